The highest BCUT2D eigenvalue weighted by Gasteiger charge is 2.37. The number of aryl methyl sites for hydroxylation is 1. The van der Waals surface area contributed by atoms with E-state index in [9.17, 15) is 22.4 Å². The van der Waals surface area contributed by atoms with Crippen LogP contribution in [0.2, 0.25) is 0 Å². The Morgan fingerprint density at radius 3 is 2.54 bits per heavy atom. The maximum atomic E-state index is 14.9. The Kier molecular flexibility index (Phi) is 7.43. The summed E-state index contributed by atoms with van der Waals surface area (Å²) in [4.78, 5) is 25.4. The van der Waals surface area contributed by atoms with E-state index in [1.807, 2.05) is 11.8 Å². The summed E-state index contributed by atoms with van der Waals surface area (Å²) in [5.74, 6) is -1.76. The van der Waals surface area contributed by atoms with Crippen LogP contribution in [0.15, 0.2) is 21.3 Å². The number of halogens is 1. The summed E-state index contributed by atoms with van der Waals surface area (Å²) < 4.78 is 50.6. The van der Waals surface area contributed by atoms with Crippen molar-refractivity contribution >= 4 is 16.1 Å². The van der Waals surface area contributed by atoms with Crippen LogP contribution in [0, 0.1) is 25.6 Å². The lowest BCUT2D eigenvalue weighted by Crippen LogP contribution is -2.48. The van der Waals surface area contributed by atoms with E-state index in [0.717, 1.165) is 18.5 Å². The van der Waals surface area contributed by atoms with Gasteiger partial charge in [0, 0.05) is 38.5 Å². The third kappa shape index (κ3) is 5.49. The third-order valence-electron chi connectivity index (χ3n) is 7.25. The summed E-state index contributed by atoms with van der Waals surface area (Å²) in [5.41, 5.74) is 1.88. The van der Waals surface area contributed by atoms with Crippen molar-refractivity contribution in [2.75, 3.05) is 26.2 Å². The standard InChI is InChI=1S/C23H32FN5O5S/c1-14-6-7-18(24)20(15(14)2)16(3)21(22-25-26-23(31)34-22)27-35(32,33)29-11-8-17(9-12-29)13-28-10-4-5-19(28)30/h6-7,16-17,21,27H,4-5,8-13H2,1-3H3,(H,26,31)/t16?,21-/m0/s1. The number of aromatic amines is 1. The van der Waals surface area contributed by atoms with Gasteiger partial charge in [-0.2, -0.15) is 17.4 Å². The molecule has 35 heavy (non-hydrogen) atoms. The highest BCUT2D eigenvalue weighted by atomic mass is 32.2. The number of nitrogens with one attached hydrogen (secondary N) is 2. The molecule has 1 aromatic carbocycles. The van der Waals surface area contributed by atoms with Gasteiger partial charge in [0.15, 0.2) is 0 Å². The number of nitrogens with zero attached hydrogens (tertiary/aromatic N) is 3. The lowest BCUT2D eigenvalue weighted by molar-refractivity contribution is -0.128. The van der Waals surface area contributed by atoms with Crippen LogP contribution in [0.5, 0.6) is 0 Å². The minimum atomic E-state index is -4.01. The number of aromatic nitrogens is 2. The second-order valence-electron chi connectivity index (χ2n) is 9.53. The minimum absolute atomic E-state index is 0.159. The third-order valence-corrected chi connectivity index (χ3v) is 8.84. The first-order chi connectivity index (χ1) is 16.6. The van der Waals surface area contributed by atoms with Gasteiger partial charge in [-0.05, 0) is 61.8 Å². The zero-order chi connectivity index (χ0) is 25.3. The lowest BCUT2D eigenvalue weighted by Gasteiger charge is -2.34. The summed E-state index contributed by atoms with van der Waals surface area (Å²) in [5, 5.41) is 6.00. The number of H-pyrrole nitrogens is 1. The van der Waals surface area contributed by atoms with Gasteiger partial charge in [0.05, 0.1) is 0 Å². The molecule has 0 aliphatic carbocycles. The van der Waals surface area contributed by atoms with Crippen LogP contribution in [0.4, 0.5) is 4.39 Å². The fourth-order valence-electron chi connectivity index (χ4n) is 5.05. The van der Waals surface area contributed by atoms with Gasteiger partial charge in [0.1, 0.15) is 11.9 Å². The van der Waals surface area contributed by atoms with Gasteiger partial charge in [-0.15, -0.1) is 5.10 Å². The summed E-state index contributed by atoms with van der Waals surface area (Å²) >= 11 is 0. The number of likely N-dealkylation sites (tertiary alicyclic amines) is 1. The Morgan fingerprint density at radius 1 is 1.23 bits per heavy atom. The van der Waals surface area contributed by atoms with Gasteiger partial charge in [0.2, 0.25) is 11.8 Å². The smallest absolute Gasteiger partial charge is 0.391 e. The van der Waals surface area contributed by atoms with E-state index < -0.39 is 33.7 Å². The molecule has 2 fully saturated rings. The lowest BCUT2D eigenvalue weighted by atomic mass is 9.88. The van der Waals surface area contributed by atoms with Crippen molar-refractivity contribution in [2.24, 2.45) is 5.92 Å². The van der Waals surface area contributed by atoms with Gasteiger partial charge in [-0.3, -0.25) is 4.79 Å². The average molecular weight is 510 g/mol. The second kappa shape index (κ2) is 10.2. The van der Waals surface area contributed by atoms with Crippen molar-refractivity contribution in [3.63, 3.8) is 0 Å². The molecule has 10 nitrogen and oxygen atoms in total. The molecular weight excluding hydrogens is 477 g/mol. The quantitative estimate of drug-likeness (QED) is 0.561. The molecule has 1 aromatic heterocycles. The van der Waals surface area contributed by atoms with Gasteiger partial charge < -0.3 is 9.32 Å². The van der Waals surface area contributed by atoms with Crippen molar-refractivity contribution in [3.8, 4) is 0 Å². The molecule has 1 unspecified atom stereocenters. The fraction of sp³-hybridized carbons (Fsp3) is 0.609. The molecule has 2 aliphatic rings. The fourth-order valence-corrected chi connectivity index (χ4v) is 6.51. The van der Waals surface area contributed by atoms with E-state index in [1.165, 1.54) is 10.4 Å². The number of rotatable bonds is 8. The Labute approximate surface area is 204 Å². The minimum Gasteiger partial charge on any atom is -0.391 e. The summed E-state index contributed by atoms with van der Waals surface area (Å²) in [6.45, 7) is 7.31. The zero-order valence-corrected chi connectivity index (χ0v) is 21.0. The molecule has 0 spiro atoms. The van der Waals surface area contributed by atoms with Gasteiger partial charge >= 0.3 is 5.76 Å². The SMILES string of the molecule is Cc1ccc(F)c(C(C)[C@H](NS(=O)(=O)N2CCC(CN3CCCC3=O)CC2)c2n[nH]c(=O)o2)c1C. The van der Waals surface area contributed by atoms with E-state index in [2.05, 4.69) is 14.9 Å². The van der Waals surface area contributed by atoms with Crippen molar-refractivity contribution in [1.29, 1.82) is 0 Å². The molecule has 0 saturated carbocycles. The van der Waals surface area contributed by atoms with E-state index in [-0.39, 0.29) is 17.7 Å². The number of hydrogen-bond acceptors (Lipinski definition) is 6. The summed E-state index contributed by atoms with van der Waals surface area (Å²) in [6, 6.07) is 1.90. The first-order valence-corrected chi connectivity index (χ1v) is 13.4. The summed E-state index contributed by atoms with van der Waals surface area (Å²) in [7, 11) is -4.01. The molecule has 3 heterocycles. The van der Waals surface area contributed by atoms with Crippen LogP contribution >= 0.6 is 0 Å². The first kappa shape index (κ1) is 25.5. The highest BCUT2D eigenvalue weighted by Crippen LogP contribution is 2.35. The van der Waals surface area contributed by atoms with Crippen LogP contribution in [0.1, 0.15) is 67.1 Å². The van der Waals surface area contributed by atoms with Crippen LogP contribution in [0.3, 0.4) is 0 Å². The Morgan fingerprint density at radius 2 is 1.94 bits per heavy atom. The van der Waals surface area contributed by atoms with Crippen molar-refractivity contribution in [1.82, 2.24) is 24.1 Å². The monoisotopic (exact) mass is 509 g/mol. The molecular formula is C23H32FN5O5S. The number of piperidine rings is 1. The van der Waals surface area contributed by atoms with Gasteiger partial charge in [-0.25, -0.2) is 14.3 Å². The average Bonchev–Trinajstić information content (AvgIpc) is 3.43. The maximum absolute atomic E-state index is 14.9. The van der Waals surface area contributed by atoms with E-state index in [1.54, 1.807) is 19.9 Å². The molecule has 2 atom stereocenters. The van der Waals surface area contributed by atoms with Crippen LogP contribution < -0.4 is 10.5 Å². The molecule has 4 rings (SSSR count). The number of carbonyl (C=O) groups excluding carboxylic acids is 1. The Hall–Kier alpha value is -2.57. The molecule has 1 amide bonds. The molecule has 192 valence electrons. The van der Waals surface area contributed by atoms with E-state index in [0.29, 0.717) is 50.0 Å². The van der Waals surface area contributed by atoms with Crippen molar-refractivity contribution in [2.45, 2.75) is 58.4 Å². The number of carbonyl (C=O) groups is 1. The number of amides is 1. The topological polar surface area (TPSA) is 129 Å². The predicted molar refractivity (Wildman–Crippen MR) is 126 cm³/mol. The largest absolute Gasteiger partial charge is 0.434 e. The van der Waals surface area contributed by atoms with Crippen molar-refractivity contribution < 1.29 is 22.0 Å². The molecule has 2 aromatic rings. The normalized spacial score (nSPS) is 19.9. The molecule has 2 saturated heterocycles. The molecule has 12 heteroatoms. The van der Waals surface area contributed by atoms with Crippen molar-refractivity contribution in [3.05, 3.63) is 51.1 Å². The van der Waals surface area contributed by atoms with Crippen LogP contribution in [-0.2, 0) is 15.0 Å². The Balaban J connectivity index is 1.52. The highest BCUT2D eigenvalue weighted by molar-refractivity contribution is 7.87. The molecule has 0 radical (unpaired) electrons. The molecule has 2 aliphatic heterocycles. The van der Waals surface area contributed by atoms with Gasteiger partial charge in [0.25, 0.3) is 10.2 Å². The first-order valence-electron chi connectivity index (χ1n) is 11.9. The maximum Gasteiger partial charge on any atom is 0.434 e. The van der Waals surface area contributed by atoms with E-state index in [4.69, 9.17) is 4.42 Å². The van der Waals surface area contributed by atoms with E-state index >= 15 is 0 Å². The number of benzene rings is 1. The number of hydrogen-bond donors (Lipinski definition) is 2. The van der Waals surface area contributed by atoms with Crippen LogP contribution in [0.25, 0.3) is 0 Å². The van der Waals surface area contributed by atoms with Crippen LogP contribution in [-0.4, -0.2) is 59.9 Å². The predicted octanol–water partition coefficient (Wildman–Crippen LogP) is 2.13. The molecule has 2 N–H and O–H groups in total. The zero-order valence-electron chi connectivity index (χ0n) is 20.2. The van der Waals surface area contributed by atoms with Gasteiger partial charge in [-0.1, -0.05) is 13.0 Å². The Bertz CT molecular complexity index is 1240. The summed E-state index contributed by atoms with van der Waals surface area (Å²) in [6.07, 6.45) is 2.73. The molecule has 0 bridgehead atoms. The second-order valence-corrected chi connectivity index (χ2v) is 11.2.